The molecule has 1 N–H and O–H groups in total. The van der Waals surface area contributed by atoms with Crippen LogP contribution in [0.5, 0.6) is 5.75 Å². The van der Waals surface area contributed by atoms with Crippen LogP contribution in [0.2, 0.25) is 5.02 Å². The average Bonchev–Trinajstić information content (AvgIpc) is 2.50. The molecule has 0 saturated heterocycles. The number of amides is 1. The highest BCUT2D eigenvalue weighted by molar-refractivity contribution is 7.99. The van der Waals surface area contributed by atoms with Gasteiger partial charge in [-0.3, -0.25) is 4.79 Å². The summed E-state index contributed by atoms with van der Waals surface area (Å²) in [6.45, 7) is 0. The van der Waals surface area contributed by atoms with Gasteiger partial charge in [0.2, 0.25) is 0 Å². The normalized spacial score (nSPS) is 10.6. The van der Waals surface area contributed by atoms with Gasteiger partial charge in [0.1, 0.15) is 5.75 Å². The van der Waals surface area contributed by atoms with Crippen molar-refractivity contribution in [1.82, 2.24) is 0 Å². The minimum atomic E-state index is -2.63. The molecule has 0 fully saturated rings. The molecular formula is C15H12ClF2NO2S. The highest BCUT2D eigenvalue weighted by Gasteiger charge is 2.16. The fourth-order valence-electron chi connectivity index (χ4n) is 1.77. The molecule has 0 spiro atoms. The number of methoxy groups -OCH3 is 1. The first kappa shape index (κ1) is 16.6. The highest BCUT2D eigenvalue weighted by atomic mass is 35.5. The third-order valence-electron chi connectivity index (χ3n) is 2.75. The fraction of sp³-hybridized carbons (Fsp3) is 0.133. The van der Waals surface area contributed by atoms with E-state index in [0.717, 1.165) is 0 Å². The van der Waals surface area contributed by atoms with Gasteiger partial charge in [-0.05, 0) is 30.3 Å². The maximum absolute atomic E-state index is 12.6. The molecule has 0 heterocycles. The van der Waals surface area contributed by atoms with E-state index in [-0.39, 0.29) is 15.6 Å². The topological polar surface area (TPSA) is 38.3 Å². The van der Waals surface area contributed by atoms with E-state index in [0.29, 0.717) is 23.1 Å². The number of alkyl halides is 2. The number of carbonyl (C=O) groups is 1. The van der Waals surface area contributed by atoms with Crippen LogP contribution in [-0.2, 0) is 0 Å². The van der Waals surface area contributed by atoms with Gasteiger partial charge in [0.05, 0.1) is 22.7 Å². The van der Waals surface area contributed by atoms with Crippen LogP contribution in [0.25, 0.3) is 0 Å². The van der Waals surface area contributed by atoms with Gasteiger partial charge in [0.15, 0.2) is 0 Å². The van der Waals surface area contributed by atoms with Crippen molar-refractivity contribution in [1.29, 1.82) is 0 Å². The minimum absolute atomic E-state index is 0.135. The molecule has 0 aliphatic carbocycles. The monoisotopic (exact) mass is 343 g/mol. The van der Waals surface area contributed by atoms with Crippen LogP contribution in [0.3, 0.4) is 0 Å². The minimum Gasteiger partial charge on any atom is -0.497 e. The lowest BCUT2D eigenvalue weighted by atomic mass is 10.2. The third kappa shape index (κ3) is 4.11. The molecule has 0 unspecified atom stereocenters. The number of hydrogen-bond acceptors (Lipinski definition) is 3. The summed E-state index contributed by atoms with van der Waals surface area (Å²) in [5.74, 6) is -2.54. The number of ether oxygens (including phenoxy) is 1. The van der Waals surface area contributed by atoms with Crippen LogP contribution >= 0.6 is 23.4 Å². The van der Waals surface area contributed by atoms with Gasteiger partial charge in [0.25, 0.3) is 11.7 Å². The van der Waals surface area contributed by atoms with Crippen LogP contribution in [-0.4, -0.2) is 18.8 Å². The van der Waals surface area contributed by atoms with Crippen molar-refractivity contribution in [3.05, 3.63) is 53.1 Å². The molecule has 0 atom stereocenters. The molecule has 0 aromatic heterocycles. The van der Waals surface area contributed by atoms with Crippen LogP contribution in [0.4, 0.5) is 14.5 Å². The molecule has 2 aromatic carbocycles. The molecule has 0 bridgehead atoms. The molecule has 0 aliphatic heterocycles. The molecule has 22 heavy (non-hydrogen) atoms. The molecule has 2 aromatic rings. The Morgan fingerprint density at radius 3 is 2.68 bits per heavy atom. The van der Waals surface area contributed by atoms with E-state index in [1.165, 1.54) is 19.2 Å². The Morgan fingerprint density at radius 2 is 2.00 bits per heavy atom. The van der Waals surface area contributed by atoms with Crippen molar-refractivity contribution in [2.45, 2.75) is 10.7 Å². The van der Waals surface area contributed by atoms with E-state index in [2.05, 4.69) is 5.32 Å². The lowest BCUT2D eigenvalue weighted by molar-refractivity contribution is 0.102. The zero-order chi connectivity index (χ0) is 16.1. The number of rotatable bonds is 5. The Kier molecular flexibility index (Phi) is 5.63. The summed E-state index contributed by atoms with van der Waals surface area (Å²) in [5.41, 5.74) is 0.595. The Labute approximate surface area is 135 Å². The van der Waals surface area contributed by atoms with Gasteiger partial charge in [-0.25, -0.2) is 0 Å². The average molecular weight is 344 g/mol. The SMILES string of the molecule is COc1cccc(C(=O)Nc2cccc(Cl)c2SC(F)F)c1. The van der Waals surface area contributed by atoms with E-state index < -0.39 is 11.7 Å². The first-order chi connectivity index (χ1) is 10.5. The molecule has 2 rings (SSSR count). The zero-order valence-corrected chi connectivity index (χ0v) is 13.0. The number of hydrogen-bond donors (Lipinski definition) is 1. The summed E-state index contributed by atoms with van der Waals surface area (Å²) in [6.07, 6.45) is 0. The standard InChI is InChI=1S/C15H12ClF2NO2S/c1-21-10-5-2-4-9(8-10)14(20)19-12-7-3-6-11(16)13(12)22-15(17)18/h2-8,15H,1H3,(H,19,20). The summed E-state index contributed by atoms with van der Waals surface area (Å²) in [4.78, 5) is 12.4. The first-order valence-electron chi connectivity index (χ1n) is 6.20. The van der Waals surface area contributed by atoms with E-state index in [1.807, 2.05) is 0 Å². The van der Waals surface area contributed by atoms with Crippen molar-refractivity contribution < 1.29 is 18.3 Å². The molecule has 1 amide bonds. The number of thioether (sulfide) groups is 1. The molecule has 0 radical (unpaired) electrons. The van der Waals surface area contributed by atoms with Gasteiger partial charge >= 0.3 is 0 Å². The smallest absolute Gasteiger partial charge is 0.289 e. The fourth-order valence-corrected chi connectivity index (χ4v) is 2.69. The second kappa shape index (κ2) is 7.47. The van der Waals surface area contributed by atoms with Gasteiger partial charge in [-0.15, -0.1) is 0 Å². The molecule has 7 heteroatoms. The van der Waals surface area contributed by atoms with Gasteiger partial charge < -0.3 is 10.1 Å². The van der Waals surface area contributed by atoms with Crippen molar-refractivity contribution >= 4 is 35.0 Å². The maximum atomic E-state index is 12.6. The van der Waals surface area contributed by atoms with Crippen molar-refractivity contribution in [2.24, 2.45) is 0 Å². The summed E-state index contributed by atoms with van der Waals surface area (Å²) < 4.78 is 30.3. The van der Waals surface area contributed by atoms with E-state index in [9.17, 15) is 13.6 Å². The van der Waals surface area contributed by atoms with Crippen LogP contribution < -0.4 is 10.1 Å². The largest absolute Gasteiger partial charge is 0.497 e. The van der Waals surface area contributed by atoms with Crippen molar-refractivity contribution in [2.75, 3.05) is 12.4 Å². The third-order valence-corrected chi connectivity index (χ3v) is 4.03. The van der Waals surface area contributed by atoms with Gasteiger partial charge in [-0.2, -0.15) is 8.78 Å². The zero-order valence-electron chi connectivity index (χ0n) is 11.5. The van der Waals surface area contributed by atoms with Crippen molar-refractivity contribution in [3.63, 3.8) is 0 Å². The molecule has 0 aliphatic rings. The lowest BCUT2D eigenvalue weighted by Gasteiger charge is -2.12. The number of nitrogens with one attached hydrogen (secondary N) is 1. The molecule has 3 nitrogen and oxygen atoms in total. The second-order valence-electron chi connectivity index (χ2n) is 4.18. The summed E-state index contributed by atoms with van der Waals surface area (Å²) in [5, 5.41) is 2.75. The van der Waals surface area contributed by atoms with Gasteiger partial charge in [-0.1, -0.05) is 35.5 Å². The van der Waals surface area contributed by atoms with Gasteiger partial charge in [0, 0.05) is 5.56 Å². The Bertz CT molecular complexity index is 682. The van der Waals surface area contributed by atoms with Crippen LogP contribution in [0, 0.1) is 0 Å². The molecule has 0 saturated carbocycles. The Balaban J connectivity index is 2.26. The van der Waals surface area contributed by atoms with E-state index >= 15 is 0 Å². The number of anilines is 1. The second-order valence-corrected chi connectivity index (χ2v) is 5.59. The quantitative estimate of drug-likeness (QED) is 0.783. The van der Waals surface area contributed by atoms with E-state index in [1.54, 1.807) is 30.3 Å². The molecule has 116 valence electrons. The number of carbonyl (C=O) groups excluding carboxylic acids is 1. The number of benzene rings is 2. The van der Waals surface area contributed by atoms with Crippen LogP contribution in [0.1, 0.15) is 10.4 Å². The lowest BCUT2D eigenvalue weighted by Crippen LogP contribution is -2.12. The summed E-state index contributed by atoms with van der Waals surface area (Å²) >= 11 is 6.22. The molecular weight excluding hydrogens is 332 g/mol. The number of halogens is 3. The van der Waals surface area contributed by atoms with Crippen molar-refractivity contribution in [3.8, 4) is 5.75 Å². The summed E-state index contributed by atoms with van der Waals surface area (Å²) in [6, 6.07) is 11.1. The Morgan fingerprint density at radius 1 is 1.27 bits per heavy atom. The highest BCUT2D eigenvalue weighted by Crippen LogP contribution is 2.37. The maximum Gasteiger partial charge on any atom is 0.289 e. The van der Waals surface area contributed by atoms with E-state index in [4.69, 9.17) is 16.3 Å². The summed E-state index contributed by atoms with van der Waals surface area (Å²) in [7, 11) is 1.49. The predicted molar refractivity (Wildman–Crippen MR) is 84.3 cm³/mol. The first-order valence-corrected chi connectivity index (χ1v) is 7.45. The Hall–Kier alpha value is -1.79. The van der Waals surface area contributed by atoms with Crippen LogP contribution in [0.15, 0.2) is 47.4 Å². The predicted octanol–water partition coefficient (Wildman–Crippen LogP) is 4.92.